The van der Waals surface area contributed by atoms with Crippen LogP contribution in [0.2, 0.25) is 0 Å². The van der Waals surface area contributed by atoms with Gasteiger partial charge in [0.2, 0.25) is 5.91 Å². The van der Waals surface area contributed by atoms with E-state index in [0.29, 0.717) is 24.3 Å². The van der Waals surface area contributed by atoms with Gasteiger partial charge >= 0.3 is 0 Å². The van der Waals surface area contributed by atoms with E-state index in [9.17, 15) is 9.59 Å². The number of aromatic nitrogens is 2. The molecule has 0 radical (unpaired) electrons. The third-order valence-electron chi connectivity index (χ3n) is 5.47. The van der Waals surface area contributed by atoms with Crippen molar-refractivity contribution < 1.29 is 14.3 Å². The first kappa shape index (κ1) is 19.9. The van der Waals surface area contributed by atoms with Gasteiger partial charge in [-0.2, -0.15) is 0 Å². The average Bonchev–Trinajstić information content (AvgIpc) is 3.43. The van der Waals surface area contributed by atoms with Crippen LogP contribution in [-0.2, 0) is 17.8 Å². The van der Waals surface area contributed by atoms with Gasteiger partial charge < -0.3 is 19.5 Å². The minimum atomic E-state index is -0.145. The average molecular weight is 406 g/mol. The Labute approximate surface area is 175 Å². The standard InChI is InChI=1S/C23H26N4O3/c1-30-18-10-8-17(9-11-18)23(29)24-13-12-21-25-19-6-2-3-7-20(19)27(21)16-22(28)26-14-4-5-15-26/h2-3,6-11H,4-5,12-16H2,1H3,(H,24,29). The van der Waals surface area contributed by atoms with Gasteiger partial charge in [0.05, 0.1) is 18.1 Å². The first-order chi connectivity index (χ1) is 14.7. The molecule has 4 rings (SSSR count). The van der Waals surface area contributed by atoms with E-state index in [1.807, 2.05) is 33.7 Å². The second-order valence-corrected chi connectivity index (χ2v) is 7.43. The van der Waals surface area contributed by atoms with E-state index in [-0.39, 0.29) is 18.4 Å². The highest BCUT2D eigenvalue weighted by molar-refractivity contribution is 5.94. The highest BCUT2D eigenvalue weighted by Gasteiger charge is 2.20. The van der Waals surface area contributed by atoms with Crippen molar-refractivity contribution >= 4 is 22.8 Å². The third kappa shape index (κ3) is 4.30. The summed E-state index contributed by atoms with van der Waals surface area (Å²) >= 11 is 0. The van der Waals surface area contributed by atoms with Crippen LogP contribution in [0.15, 0.2) is 48.5 Å². The van der Waals surface area contributed by atoms with Gasteiger partial charge in [-0.15, -0.1) is 0 Å². The molecule has 1 aliphatic rings. The zero-order valence-electron chi connectivity index (χ0n) is 17.1. The molecule has 0 aliphatic carbocycles. The Bertz CT molecular complexity index is 1040. The molecule has 2 aromatic carbocycles. The lowest BCUT2D eigenvalue weighted by atomic mass is 10.2. The number of benzene rings is 2. The van der Waals surface area contributed by atoms with Crippen molar-refractivity contribution in [2.24, 2.45) is 0 Å². The summed E-state index contributed by atoms with van der Waals surface area (Å²) in [7, 11) is 1.59. The monoisotopic (exact) mass is 406 g/mol. The number of rotatable bonds is 7. The Kier molecular flexibility index (Phi) is 5.97. The molecule has 30 heavy (non-hydrogen) atoms. The second-order valence-electron chi connectivity index (χ2n) is 7.43. The normalized spacial score (nSPS) is 13.6. The van der Waals surface area contributed by atoms with Crippen LogP contribution < -0.4 is 10.1 Å². The Hall–Kier alpha value is -3.35. The fourth-order valence-corrected chi connectivity index (χ4v) is 3.83. The van der Waals surface area contributed by atoms with Gasteiger partial charge in [0, 0.05) is 31.6 Å². The van der Waals surface area contributed by atoms with Crippen molar-refractivity contribution in [3.05, 3.63) is 59.9 Å². The molecule has 0 spiro atoms. The third-order valence-corrected chi connectivity index (χ3v) is 5.47. The highest BCUT2D eigenvalue weighted by Crippen LogP contribution is 2.18. The summed E-state index contributed by atoms with van der Waals surface area (Å²) in [6.07, 6.45) is 2.69. The van der Waals surface area contributed by atoms with Crippen LogP contribution in [0, 0.1) is 0 Å². The highest BCUT2D eigenvalue weighted by atomic mass is 16.5. The van der Waals surface area contributed by atoms with E-state index >= 15 is 0 Å². The lowest BCUT2D eigenvalue weighted by Crippen LogP contribution is -2.32. The first-order valence-corrected chi connectivity index (χ1v) is 10.3. The molecule has 7 heteroatoms. The van der Waals surface area contributed by atoms with Crippen LogP contribution in [0.1, 0.15) is 29.0 Å². The molecule has 2 heterocycles. The molecule has 1 fully saturated rings. The van der Waals surface area contributed by atoms with Crippen molar-refractivity contribution in [3.63, 3.8) is 0 Å². The second kappa shape index (κ2) is 8.98. The van der Waals surface area contributed by atoms with E-state index in [2.05, 4.69) is 5.32 Å². The topological polar surface area (TPSA) is 76.5 Å². The van der Waals surface area contributed by atoms with Crippen LogP contribution >= 0.6 is 0 Å². The van der Waals surface area contributed by atoms with Gasteiger partial charge in [-0.05, 0) is 49.2 Å². The summed E-state index contributed by atoms with van der Waals surface area (Å²) in [6, 6.07) is 14.8. The van der Waals surface area contributed by atoms with Crippen LogP contribution in [0.4, 0.5) is 0 Å². The SMILES string of the molecule is COc1ccc(C(=O)NCCc2nc3ccccc3n2CC(=O)N2CCCC2)cc1. The molecular formula is C23H26N4O3. The smallest absolute Gasteiger partial charge is 0.251 e. The number of nitrogens with one attached hydrogen (secondary N) is 1. The molecule has 1 N–H and O–H groups in total. The van der Waals surface area contributed by atoms with Gasteiger partial charge in [-0.1, -0.05) is 12.1 Å². The minimum Gasteiger partial charge on any atom is -0.497 e. The number of fused-ring (bicyclic) bond motifs is 1. The van der Waals surface area contributed by atoms with Gasteiger partial charge in [0.1, 0.15) is 18.1 Å². The molecular weight excluding hydrogens is 380 g/mol. The number of hydrogen-bond acceptors (Lipinski definition) is 4. The van der Waals surface area contributed by atoms with E-state index in [1.165, 1.54) is 0 Å². The van der Waals surface area contributed by atoms with E-state index in [4.69, 9.17) is 9.72 Å². The summed E-state index contributed by atoms with van der Waals surface area (Å²) in [6.45, 7) is 2.38. The maximum atomic E-state index is 12.7. The Morgan fingerprint density at radius 2 is 1.80 bits per heavy atom. The lowest BCUT2D eigenvalue weighted by molar-refractivity contribution is -0.130. The molecule has 0 bridgehead atoms. The Morgan fingerprint density at radius 1 is 1.07 bits per heavy atom. The molecule has 7 nitrogen and oxygen atoms in total. The quantitative estimate of drug-likeness (QED) is 0.654. The number of ether oxygens (including phenoxy) is 1. The first-order valence-electron chi connectivity index (χ1n) is 10.3. The van der Waals surface area contributed by atoms with Crippen molar-refractivity contribution in [2.75, 3.05) is 26.7 Å². The van der Waals surface area contributed by atoms with Crippen LogP contribution in [0.25, 0.3) is 11.0 Å². The van der Waals surface area contributed by atoms with E-state index in [0.717, 1.165) is 42.8 Å². The van der Waals surface area contributed by atoms with Gasteiger partial charge in [-0.25, -0.2) is 4.98 Å². The zero-order chi connectivity index (χ0) is 20.9. The number of methoxy groups -OCH3 is 1. The number of nitrogens with zero attached hydrogens (tertiary/aromatic N) is 3. The van der Waals surface area contributed by atoms with Crippen molar-refractivity contribution in [2.45, 2.75) is 25.8 Å². The number of likely N-dealkylation sites (tertiary alicyclic amines) is 1. The molecule has 0 atom stereocenters. The van der Waals surface area contributed by atoms with Gasteiger partial charge in [-0.3, -0.25) is 9.59 Å². The lowest BCUT2D eigenvalue weighted by Gasteiger charge is -2.17. The summed E-state index contributed by atoms with van der Waals surface area (Å²) < 4.78 is 7.11. The number of carbonyl (C=O) groups excluding carboxylic acids is 2. The number of imidazole rings is 1. The van der Waals surface area contributed by atoms with E-state index in [1.54, 1.807) is 31.4 Å². The van der Waals surface area contributed by atoms with Crippen LogP contribution in [-0.4, -0.2) is 53.0 Å². The molecule has 1 saturated heterocycles. The number of para-hydroxylation sites is 2. The summed E-state index contributed by atoms with van der Waals surface area (Å²) in [5.74, 6) is 1.49. The fraction of sp³-hybridized carbons (Fsp3) is 0.348. The summed E-state index contributed by atoms with van der Waals surface area (Å²) in [5.41, 5.74) is 2.39. The van der Waals surface area contributed by atoms with Gasteiger partial charge in [0.15, 0.2) is 0 Å². The van der Waals surface area contributed by atoms with Crippen molar-refractivity contribution in [1.82, 2.24) is 19.8 Å². The zero-order valence-corrected chi connectivity index (χ0v) is 17.1. The Balaban J connectivity index is 1.45. The molecule has 1 aliphatic heterocycles. The molecule has 1 aromatic heterocycles. The molecule has 0 unspecified atom stereocenters. The van der Waals surface area contributed by atoms with E-state index < -0.39 is 0 Å². The van der Waals surface area contributed by atoms with Crippen LogP contribution in [0.5, 0.6) is 5.75 Å². The fourth-order valence-electron chi connectivity index (χ4n) is 3.83. The molecule has 3 aromatic rings. The molecule has 156 valence electrons. The number of amides is 2. The predicted molar refractivity (Wildman–Crippen MR) is 115 cm³/mol. The summed E-state index contributed by atoms with van der Waals surface area (Å²) in [5, 5.41) is 2.94. The number of carbonyl (C=O) groups is 2. The Morgan fingerprint density at radius 3 is 2.53 bits per heavy atom. The largest absolute Gasteiger partial charge is 0.497 e. The van der Waals surface area contributed by atoms with Gasteiger partial charge in [0.25, 0.3) is 5.91 Å². The van der Waals surface area contributed by atoms with Crippen molar-refractivity contribution in [1.29, 1.82) is 0 Å². The predicted octanol–water partition coefficient (Wildman–Crippen LogP) is 2.64. The molecule has 2 amide bonds. The maximum Gasteiger partial charge on any atom is 0.251 e. The molecule has 0 saturated carbocycles. The van der Waals surface area contributed by atoms with Crippen LogP contribution in [0.3, 0.4) is 0 Å². The van der Waals surface area contributed by atoms with Crippen molar-refractivity contribution in [3.8, 4) is 5.75 Å². The number of hydrogen-bond donors (Lipinski definition) is 1. The minimum absolute atomic E-state index is 0.124. The maximum absolute atomic E-state index is 12.7. The summed E-state index contributed by atoms with van der Waals surface area (Å²) in [4.78, 5) is 31.8.